The molecule has 0 aliphatic heterocycles. The van der Waals surface area contributed by atoms with Gasteiger partial charge in [-0.05, 0) is 36.2 Å². The molecule has 0 amide bonds. The van der Waals surface area contributed by atoms with E-state index in [0.29, 0.717) is 12.4 Å². The maximum absolute atomic E-state index is 11.7. The summed E-state index contributed by atoms with van der Waals surface area (Å²) in [5.74, 6) is 1.27. The molecule has 0 spiro atoms. The molecule has 94 valence electrons. The molecule has 1 aromatic heterocycles. The molecule has 0 aliphatic carbocycles. The molecule has 0 radical (unpaired) electrons. The Morgan fingerprint density at radius 2 is 1.83 bits per heavy atom. The van der Waals surface area contributed by atoms with Crippen LogP contribution in [0.1, 0.15) is 6.92 Å². The van der Waals surface area contributed by atoms with Crippen molar-refractivity contribution in [3.8, 4) is 16.9 Å². The highest BCUT2D eigenvalue weighted by molar-refractivity contribution is 5.66. The molecule has 0 aliphatic rings. The summed E-state index contributed by atoms with van der Waals surface area (Å²) in [6.07, 6.45) is 0. The topological polar surface area (TPSA) is 57.2 Å². The molecule has 0 saturated heterocycles. The Labute approximate surface area is 106 Å². The van der Waals surface area contributed by atoms with Gasteiger partial charge in [-0.1, -0.05) is 12.1 Å². The van der Waals surface area contributed by atoms with Crippen LogP contribution in [0, 0.1) is 0 Å². The third kappa shape index (κ3) is 2.37. The highest BCUT2D eigenvalue weighted by Crippen LogP contribution is 2.22. The first-order valence-corrected chi connectivity index (χ1v) is 5.81. The monoisotopic (exact) mass is 244 g/mol. The fraction of sp³-hybridized carbons (Fsp3) is 0.214. The van der Waals surface area contributed by atoms with Gasteiger partial charge in [0.15, 0.2) is 0 Å². The summed E-state index contributed by atoms with van der Waals surface area (Å²) in [7, 11) is 1.65. The van der Waals surface area contributed by atoms with E-state index < -0.39 is 0 Å². The van der Waals surface area contributed by atoms with Crippen LogP contribution < -0.4 is 16.0 Å². The normalized spacial score (nSPS) is 10.3. The van der Waals surface area contributed by atoms with Gasteiger partial charge in [-0.15, -0.1) is 0 Å². The Bertz CT molecular complexity index is 600. The van der Waals surface area contributed by atoms with Crippen molar-refractivity contribution in [1.29, 1.82) is 0 Å². The summed E-state index contributed by atoms with van der Waals surface area (Å²) in [5.41, 5.74) is 7.43. The lowest BCUT2D eigenvalue weighted by atomic mass is 10.1. The number of hydrogen-bond acceptors (Lipinski definition) is 3. The van der Waals surface area contributed by atoms with Crippen LogP contribution >= 0.6 is 0 Å². The van der Waals surface area contributed by atoms with E-state index in [1.807, 2.05) is 31.2 Å². The first-order chi connectivity index (χ1) is 8.61. The lowest BCUT2D eigenvalue weighted by molar-refractivity contribution is 0.340. The average molecular weight is 244 g/mol. The third-order valence-corrected chi connectivity index (χ3v) is 2.80. The largest absolute Gasteiger partial charge is 0.494 e. The molecule has 0 atom stereocenters. The van der Waals surface area contributed by atoms with Crippen LogP contribution in [-0.2, 0) is 7.05 Å². The number of hydrogen-bond donors (Lipinski definition) is 1. The standard InChI is InChI=1S/C14H16N2O2/c1-3-18-12-6-4-10(5-7-12)11-8-13(15)16(2)14(17)9-11/h4-9H,3,15H2,1-2H3. The molecule has 0 unspecified atom stereocenters. The summed E-state index contributed by atoms with van der Waals surface area (Å²) >= 11 is 0. The Kier molecular flexibility index (Phi) is 3.37. The van der Waals surface area contributed by atoms with Gasteiger partial charge in [-0.2, -0.15) is 0 Å². The van der Waals surface area contributed by atoms with Gasteiger partial charge in [0.1, 0.15) is 11.6 Å². The van der Waals surface area contributed by atoms with Gasteiger partial charge in [0.05, 0.1) is 6.61 Å². The van der Waals surface area contributed by atoms with Crippen molar-refractivity contribution in [1.82, 2.24) is 4.57 Å². The summed E-state index contributed by atoms with van der Waals surface area (Å²) in [4.78, 5) is 11.7. The predicted octanol–water partition coefficient (Wildman–Crippen LogP) is 2.03. The van der Waals surface area contributed by atoms with Gasteiger partial charge in [0, 0.05) is 13.1 Å². The van der Waals surface area contributed by atoms with Crippen molar-refractivity contribution in [3.63, 3.8) is 0 Å². The summed E-state index contributed by atoms with van der Waals surface area (Å²) in [6.45, 7) is 2.58. The van der Waals surface area contributed by atoms with Crippen molar-refractivity contribution >= 4 is 5.82 Å². The van der Waals surface area contributed by atoms with Crippen molar-refractivity contribution in [3.05, 3.63) is 46.8 Å². The number of aromatic nitrogens is 1. The van der Waals surface area contributed by atoms with Crippen LogP contribution in [0.15, 0.2) is 41.2 Å². The van der Waals surface area contributed by atoms with E-state index >= 15 is 0 Å². The zero-order valence-electron chi connectivity index (χ0n) is 10.5. The summed E-state index contributed by atoms with van der Waals surface area (Å²) < 4.78 is 6.79. The minimum Gasteiger partial charge on any atom is -0.494 e. The van der Waals surface area contributed by atoms with Crippen LogP contribution in [0.25, 0.3) is 11.1 Å². The zero-order valence-corrected chi connectivity index (χ0v) is 10.5. The van der Waals surface area contributed by atoms with Crippen LogP contribution in [0.5, 0.6) is 5.75 Å². The van der Waals surface area contributed by atoms with Crippen LogP contribution in [-0.4, -0.2) is 11.2 Å². The van der Waals surface area contributed by atoms with E-state index in [-0.39, 0.29) is 5.56 Å². The van der Waals surface area contributed by atoms with E-state index in [1.54, 1.807) is 19.2 Å². The van der Waals surface area contributed by atoms with Gasteiger partial charge >= 0.3 is 0 Å². The second-order valence-corrected chi connectivity index (χ2v) is 4.02. The zero-order chi connectivity index (χ0) is 13.1. The molecule has 2 aromatic rings. The van der Waals surface area contributed by atoms with Gasteiger partial charge in [0.2, 0.25) is 0 Å². The van der Waals surface area contributed by atoms with E-state index in [9.17, 15) is 4.79 Å². The minimum absolute atomic E-state index is 0.112. The maximum Gasteiger partial charge on any atom is 0.252 e. The predicted molar refractivity (Wildman–Crippen MR) is 72.7 cm³/mol. The smallest absolute Gasteiger partial charge is 0.252 e. The molecule has 2 N–H and O–H groups in total. The molecule has 4 nitrogen and oxygen atoms in total. The molecular formula is C14H16N2O2. The van der Waals surface area contributed by atoms with Crippen molar-refractivity contribution < 1.29 is 4.74 Å². The van der Waals surface area contributed by atoms with Crippen molar-refractivity contribution in [2.45, 2.75) is 6.92 Å². The number of rotatable bonds is 3. The molecular weight excluding hydrogens is 228 g/mol. The molecule has 4 heteroatoms. The molecule has 0 saturated carbocycles. The molecule has 0 bridgehead atoms. The number of ether oxygens (including phenoxy) is 1. The minimum atomic E-state index is -0.112. The Balaban J connectivity index is 2.40. The number of nitrogens with two attached hydrogens (primary N) is 1. The lowest BCUT2D eigenvalue weighted by Crippen LogP contribution is -2.18. The van der Waals surface area contributed by atoms with Crippen LogP contribution in [0.4, 0.5) is 5.82 Å². The number of nitrogens with zero attached hydrogens (tertiary/aromatic N) is 1. The SMILES string of the molecule is CCOc1ccc(-c2cc(N)n(C)c(=O)c2)cc1. The highest BCUT2D eigenvalue weighted by Gasteiger charge is 2.03. The Morgan fingerprint density at radius 3 is 2.39 bits per heavy atom. The molecule has 1 aromatic carbocycles. The maximum atomic E-state index is 11.7. The number of anilines is 1. The quantitative estimate of drug-likeness (QED) is 0.898. The summed E-state index contributed by atoms with van der Waals surface area (Å²) in [6, 6.07) is 11.0. The van der Waals surface area contributed by atoms with E-state index in [4.69, 9.17) is 10.5 Å². The van der Waals surface area contributed by atoms with Gasteiger partial charge < -0.3 is 10.5 Å². The van der Waals surface area contributed by atoms with Crippen LogP contribution in [0.2, 0.25) is 0 Å². The first-order valence-electron chi connectivity index (χ1n) is 5.81. The second kappa shape index (κ2) is 4.96. The van der Waals surface area contributed by atoms with E-state index in [0.717, 1.165) is 16.9 Å². The molecule has 1 heterocycles. The molecule has 2 rings (SSSR count). The lowest BCUT2D eigenvalue weighted by Gasteiger charge is -2.08. The fourth-order valence-electron chi connectivity index (χ4n) is 1.73. The van der Waals surface area contributed by atoms with Crippen LogP contribution in [0.3, 0.4) is 0 Å². The van der Waals surface area contributed by atoms with Crippen molar-refractivity contribution in [2.75, 3.05) is 12.3 Å². The first kappa shape index (κ1) is 12.2. The Morgan fingerprint density at radius 1 is 1.17 bits per heavy atom. The van der Waals surface area contributed by atoms with Gasteiger partial charge in [-0.3, -0.25) is 9.36 Å². The van der Waals surface area contributed by atoms with Gasteiger partial charge in [0.25, 0.3) is 5.56 Å². The highest BCUT2D eigenvalue weighted by atomic mass is 16.5. The average Bonchev–Trinajstić information content (AvgIpc) is 2.37. The number of pyridine rings is 1. The Hall–Kier alpha value is -2.23. The van der Waals surface area contributed by atoms with E-state index in [1.165, 1.54) is 4.57 Å². The summed E-state index contributed by atoms with van der Waals surface area (Å²) in [5, 5.41) is 0. The van der Waals surface area contributed by atoms with Crippen molar-refractivity contribution in [2.24, 2.45) is 7.05 Å². The molecule has 18 heavy (non-hydrogen) atoms. The van der Waals surface area contributed by atoms with E-state index in [2.05, 4.69) is 0 Å². The second-order valence-electron chi connectivity index (χ2n) is 4.02. The molecule has 0 fully saturated rings. The van der Waals surface area contributed by atoms with Gasteiger partial charge in [-0.25, -0.2) is 0 Å². The fourth-order valence-corrected chi connectivity index (χ4v) is 1.73. The number of benzene rings is 1. The number of nitrogen functional groups attached to an aromatic ring is 1. The third-order valence-electron chi connectivity index (χ3n) is 2.80.